The molecule has 2 saturated heterocycles. The maximum absolute atomic E-state index is 9.64. The Morgan fingerprint density at radius 1 is 1.00 bits per heavy atom. The Kier molecular flexibility index (Phi) is 5.06. The van der Waals surface area contributed by atoms with Crippen molar-refractivity contribution in [1.82, 2.24) is 0 Å². The summed E-state index contributed by atoms with van der Waals surface area (Å²) in [6, 6.07) is 0. The Bertz CT molecular complexity index is 175. The van der Waals surface area contributed by atoms with Gasteiger partial charge in [0.1, 0.15) is 0 Å². The molecule has 0 aromatic heterocycles. The molecule has 2 unspecified atom stereocenters. The zero-order chi connectivity index (χ0) is 9.14. The summed E-state index contributed by atoms with van der Waals surface area (Å²) in [4.78, 5) is 19.3. The Morgan fingerprint density at radius 2 is 1.23 bits per heavy atom. The van der Waals surface area contributed by atoms with Crippen LogP contribution in [-0.4, -0.2) is 47.6 Å². The summed E-state index contributed by atoms with van der Waals surface area (Å²) < 4.78 is 8.74. The fraction of sp³-hybridized carbons (Fsp3) is 0.667. The molecular weight excluding hydrogens is 233 g/mol. The molecule has 0 aromatic carbocycles. The van der Waals surface area contributed by atoms with Gasteiger partial charge >= 0.3 is 11.9 Å². The fourth-order valence-corrected chi connectivity index (χ4v) is 0.381. The van der Waals surface area contributed by atoms with E-state index in [0.717, 1.165) is 0 Å². The second kappa shape index (κ2) is 5.26. The van der Waals surface area contributed by atoms with E-state index in [0.29, 0.717) is 13.2 Å². The van der Waals surface area contributed by atoms with Crippen molar-refractivity contribution in [2.24, 2.45) is 0 Å². The first-order chi connectivity index (χ1) is 5.61. The van der Waals surface area contributed by atoms with Crippen LogP contribution < -0.4 is 0 Å². The zero-order valence-electron chi connectivity index (χ0n) is 6.80. The summed E-state index contributed by atoms with van der Waals surface area (Å²) in [5.41, 5.74) is 0. The van der Waals surface area contributed by atoms with Crippen LogP contribution in [0.3, 0.4) is 0 Å². The minimum Gasteiger partial charge on any atom is -0.479 e. The van der Waals surface area contributed by atoms with E-state index in [-0.39, 0.29) is 19.5 Å². The van der Waals surface area contributed by atoms with Gasteiger partial charge in [0.25, 0.3) is 0 Å². The normalized spacial score (nSPS) is 27.4. The van der Waals surface area contributed by atoms with Crippen molar-refractivity contribution in [1.29, 1.82) is 0 Å². The second-order valence-electron chi connectivity index (χ2n) is 2.32. The summed E-state index contributed by atoms with van der Waals surface area (Å²) >= 11 is 0. The molecular formula is C6H8O6Zn. The minimum atomic E-state index is -0.852. The van der Waals surface area contributed by atoms with Crippen LogP contribution in [0.1, 0.15) is 0 Å². The molecule has 2 heterocycles. The Morgan fingerprint density at radius 3 is 1.23 bits per heavy atom. The molecule has 2 atom stereocenters. The molecule has 2 aliphatic rings. The summed E-state index contributed by atoms with van der Waals surface area (Å²) in [7, 11) is 0. The first-order valence-corrected chi connectivity index (χ1v) is 3.30. The van der Waals surface area contributed by atoms with Gasteiger partial charge in [-0.25, -0.2) is 9.59 Å². The van der Waals surface area contributed by atoms with Gasteiger partial charge in [-0.05, 0) is 0 Å². The Hall–Kier alpha value is -0.517. The van der Waals surface area contributed by atoms with Crippen molar-refractivity contribution in [3.05, 3.63) is 0 Å². The number of hydrogen-bond donors (Lipinski definition) is 2. The van der Waals surface area contributed by atoms with E-state index in [4.69, 9.17) is 10.2 Å². The van der Waals surface area contributed by atoms with Crippen molar-refractivity contribution >= 4 is 11.9 Å². The second-order valence-corrected chi connectivity index (χ2v) is 2.32. The van der Waals surface area contributed by atoms with Crippen LogP contribution in [0, 0.1) is 0 Å². The van der Waals surface area contributed by atoms with Crippen LogP contribution in [0.4, 0.5) is 0 Å². The van der Waals surface area contributed by atoms with E-state index < -0.39 is 24.1 Å². The van der Waals surface area contributed by atoms with E-state index in [1.54, 1.807) is 0 Å². The van der Waals surface area contributed by atoms with E-state index in [9.17, 15) is 9.59 Å². The first kappa shape index (κ1) is 12.5. The maximum atomic E-state index is 9.64. The summed E-state index contributed by atoms with van der Waals surface area (Å²) in [6.07, 6.45) is -0.963. The molecule has 2 aliphatic heterocycles. The number of carbonyl (C=O) groups is 2. The average Bonchev–Trinajstić information content (AvgIpc) is 2.85. The topological polar surface area (TPSA) is 99.7 Å². The molecule has 0 radical (unpaired) electrons. The van der Waals surface area contributed by atoms with Crippen LogP contribution in [0.15, 0.2) is 0 Å². The zero-order valence-corrected chi connectivity index (χ0v) is 9.77. The molecule has 0 amide bonds. The SMILES string of the molecule is O=C(O)C1CO1.O=C(O)C1CO1.[Zn]. The molecule has 2 fully saturated rings. The number of rotatable bonds is 2. The van der Waals surface area contributed by atoms with Crippen molar-refractivity contribution in [3.63, 3.8) is 0 Å². The van der Waals surface area contributed by atoms with Gasteiger partial charge in [0.2, 0.25) is 0 Å². The molecule has 0 bridgehead atoms. The smallest absolute Gasteiger partial charge is 0.335 e. The van der Waals surface area contributed by atoms with Gasteiger partial charge in [-0.3, -0.25) is 0 Å². The number of epoxide rings is 2. The Balaban J connectivity index is 0.000000206. The summed E-state index contributed by atoms with van der Waals surface area (Å²) in [6.45, 7) is 0.796. The molecule has 2 N–H and O–H groups in total. The van der Waals surface area contributed by atoms with Crippen molar-refractivity contribution < 1.29 is 48.8 Å². The molecule has 70 valence electrons. The standard InChI is InChI=1S/2C3H4O3.Zn/c2*4-3(5)2-1-6-2;/h2*2H,1H2,(H,4,5);. The molecule has 7 heteroatoms. The van der Waals surface area contributed by atoms with Crippen LogP contribution in [0.5, 0.6) is 0 Å². The van der Waals surface area contributed by atoms with Crippen LogP contribution in [0.25, 0.3) is 0 Å². The van der Waals surface area contributed by atoms with Crippen LogP contribution in [-0.2, 0) is 38.5 Å². The number of hydrogen-bond acceptors (Lipinski definition) is 4. The van der Waals surface area contributed by atoms with E-state index in [1.807, 2.05) is 0 Å². The van der Waals surface area contributed by atoms with Gasteiger partial charge in [-0.2, -0.15) is 0 Å². The third kappa shape index (κ3) is 5.68. The number of carboxylic acids is 2. The quantitative estimate of drug-likeness (QED) is 0.472. The molecule has 0 aromatic rings. The summed E-state index contributed by atoms with van der Waals surface area (Å²) in [5.74, 6) is -1.70. The largest absolute Gasteiger partial charge is 0.479 e. The Labute approximate surface area is 86.6 Å². The number of carboxylic acid groups (broad SMARTS) is 2. The van der Waals surface area contributed by atoms with E-state index in [2.05, 4.69) is 9.47 Å². The first-order valence-electron chi connectivity index (χ1n) is 3.30. The van der Waals surface area contributed by atoms with Crippen molar-refractivity contribution in [2.75, 3.05) is 13.2 Å². The molecule has 0 saturated carbocycles. The fourth-order valence-electron chi connectivity index (χ4n) is 0.381. The van der Waals surface area contributed by atoms with Gasteiger partial charge < -0.3 is 19.7 Å². The van der Waals surface area contributed by atoms with E-state index >= 15 is 0 Å². The summed E-state index contributed by atoms with van der Waals surface area (Å²) in [5, 5.41) is 15.9. The monoisotopic (exact) mass is 240 g/mol. The van der Waals surface area contributed by atoms with Gasteiger partial charge in [-0.1, -0.05) is 0 Å². The third-order valence-electron chi connectivity index (χ3n) is 1.22. The third-order valence-corrected chi connectivity index (χ3v) is 1.22. The van der Waals surface area contributed by atoms with Gasteiger partial charge in [-0.15, -0.1) is 0 Å². The molecule has 0 aliphatic carbocycles. The molecule has 13 heavy (non-hydrogen) atoms. The number of ether oxygens (including phenoxy) is 2. The van der Waals surface area contributed by atoms with Crippen LogP contribution >= 0.6 is 0 Å². The predicted molar refractivity (Wildman–Crippen MR) is 34.8 cm³/mol. The predicted octanol–water partition coefficient (Wildman–Crippen LogP) is -1.06. The van der Waals surface area contributed by atoms with Crippen LogP contribution in [0.2, 0.25) is 0 Å². The average molecular weight is 242 g/mol. The number of aliphatic carboxylic acids is 2. The molecule has 6 nitrogen and oxygen atoms in total. The van der Waals surface area contributed by atoms with Crippen molar-refractivity contribution in [2.45, 2.75) is 12.2 Å². The minimum absolute atomic E-state index is 0. The molecule has 2 rings (SSSR count). The maximum Gasteiger partial charge on any atom is 0.335 e. The van der Waals surface area contributed by atoms with Gasteiger partial charge in [0.15, 0.2) is 12.2 Å². The van der Waals surface area contributed by atoms with Gasteiger partial charge in [0.05, 0.1) is 13.2 Å². The van der Waals surface area contributed by atoms with E-state index in [1.165, 1.54) is 0 Å². The van der Waals surface area contributed by atoms with Gasteiger partial charge in [0, 0.05) is 19.5 Å². The van der Waals surface area contributed by atoms with Crippen molar-refractivity contribution in [3.8, 4) is 0 Å². The molecule has 0 spiro atoms.